The Morgan fingerprint density at radius 1 is 1.21 bits per heavy atom. The number of carboxylic acids is 1. The van der Waals surface area contributed by atoms with Crippen LogP contribution in [0.15, 0.2) is 36.4 Å². The average molecular weight is 427 g/mol. The van der Waals surface area contributed by atoms with E-state index in [0.717, 1.165) is 17.0 Å². The van der Waals surface area contributed by atoms with Gasteiger partial charge in [0, 0.05) is 5.69 Å². The van der Waals surface area contributed by atoms with Gasteiger partial charge in [-0.2, -0.15) is 13.2 Å². The van der Waals surface area contributed by atoms with Gasteiger partial charge in [-0.25, -0.2) is 9.69 Å². The Morgan fingerprint density at radius 2 is 1.90 bits per heavy atom. The van der Waals surface area contributed by atoms with Crippen molar-refractivity contribution in [3.63, 3.8) is 0 Å². The normalized spacial score (nSPS) is 17.0. The third-order valence-electron chi connectivity index (χ3n) is 4.46. The van der Waals surface area contributed by atoms with Gasteiger partial charge in [0.25, 0.3) is 5.91 Å². The molecule has 1 saturated heterocycles. The number of alkyl halides is 3. The van der Waals surface area contributed by atoms with E-state index in [1.165, 1.54) is 24.3 Å². The van der Waals surface area contributed by atoms with E-state index in [-0.39, 0.29) is 23.4 Å². The summed E-state index contributed by atoms with van der Waals surface area (Å²) in [6, 6.07) is 6.00. The maximum absolute atomic E-state index is 13.0. The number of aryl methyl sites for hydroxylation is 1. The van der Waals surface area contributed by atoms with E-state index in [1.807, 2.05) is 0 Å². The second-order valence-electron chi connectivity index (χ2n) is 6.47. The van der Waals surface area contributed by atoms with Gasteiger partial charge in [0.1, 0.15) is 6.04 Å². The van der Waals surface area contributed by atoms with E-state index in [9.17, 15) is 27.6 Å². The molecule has 1 aliphatic heterocycles. The summed E-state index contributed by atoms with van der Waals surface area (Å²) in [6.07, 6.45) is -4.97. The molecule has 0 aromatic heterocycles. The molecular formula is C19H14ClF3N2O4. The van der Waals surface area contributed by atoms with Crippen LogP contribution in [-0.4, -0.2) is 28.9 Å². The van der Waals surface area contributed by atoms with E-state index >= 15 is 0 Å². The molecule has 2 aromatic rings. The minimum absolute atomic E-state index is 0.0225. The Hall–Kier alpha value is -3.07. The van der Waals surface area contributed by atoms with Crippen molar-refractivity contribution in [3.05, 3.63) is 58.1 Å². The van der Waals surface area contributed by atoms with Crippen LogP contribution in [0.4, 0.5) is 24.5 Å². The van der Waals surface area contributed by atoms with Crippen LogP contribution in [0.1, 0.15) is 27.9 Å². The number of amides is 2. The van der Waals surface area contributed by atoms with Gasteiger partial charge in [0.05, 0.1) is 28.3 Å². The summed E-state index contributed by atoms with van der Waals surface area (Å²) in [5, 5.41) is 11.3. The van der Waals surface area contributed by atoms with Gasteiger partial charge in [-0.05, 0) is 42.8 Å². The predicted octanol–water partition coefficient (Wildman–Crippen LogP) is 4.11. The Labute approximate surface area is 167 Å². The first kappa shape index (κ1) is 20.7. The zero-order chi connectivity index (χ0) is 21.5. The number of aromatic carboxylic acids is 1. The van der Waals surface area contributed by atoms with Crippen molar-refractivity contribution in [2.24, 2.45) is 0 Å². The highest BCUT2D eigenvalue weighted by atomic mass is 35.5. The summed E-state index contributed by atoms with van der Waals surface area (Å²) in [5.74, 6) is -2.51. The summed E-state index contributed by atoms with van der Waals surface area (Å²) >= 11 is 5.59. The number of anilines is 2. The topological polar surface area (TPSA) is 86.7 Å². The fourth-order valence-corrected chi connectivity index (χ4v) is 3.24. The number of carbonyl (C=O) groups excluding carboxylic acids is 2. The van der Waals surface area contributed by atoms with Crippen molar-refractivity contribution >= 4 is 40.8 Å². The largest absolute Gasteiger partial charge is 0.478 e. The van der Waals surface area contributed by atoms with Crippen LogP contribution in [0.25, 0.3) is 0 Å². The van der Waals surface area contributed by atoms with Crippen molar-refractivity contribution in [3.8, 4) is 0 Å². The number of nitrogens with one attached hydrogen (secondary N) is 1. The number of rotatable bonds is 4. The maximum Gasteiger partial charge on any atom is 0.417 e. The molecule has 1 unspecified atom stereocenters. The number of benzene rings is 2. The van der Waals surface area contributed by atoms with Gasteiger partial charge in [-0.1, -0.05) is 17.7 Å². The second kappa shape index (κ2) is 7.40. The number of nitrogens with zero attached hydrogens (tertiary/aromatic N) is 1. The Kier molecular flexibility index (Phi) is 5.27. The summed E-state index contributed by atoms with van der Waals surface area (Å²) in [7, 11) is 0. The van der Waals surface area contributed by atoms with Crippen LogP contribution in [0.3, 0.4) is 0 Å². The molecule has 1 aliphatic rings. The van der Waals surface area contributed by atoms with E-state index in [4.69, 9.17) is 16.7 Å². The first-order valence-electron chi connectivity index (χ1n) is 8.33. The molecule has 1 atom stereocenters. The standard InChI is InChI=1S/C19H14ClF3N2O4/c1-9-2-3-10(18(28)29)6-15(9)25-16(26)8-14(17(25)27)24-11-4-5-13(20)12(7-11)19(21,22)23/h2-7,14,24H,8H2,1H3,(H,28,29). The molecule has 3 rings (SSSR count). The summed E-state index contributed by atoms with van der Waals surface area (Å²) in [4.78, 5) is 37.2. The van der Waals surface area contributed by atoms with Crippen LogP contribution in [-0.2, 0) is 15.8 Å². The van der Waals surface area contributed by atoms with Crippen LogP contribution >= 0.6 is 11.6 Å². The highest BCUT2D eigenvalue weighted by Crippen LogP contribution is 2.37. The smallest absolute Gasteiger partial charge is 0.417 e. The van der Waals surface area contributed by atoms with Crippen molar-refractivity contribution in [2.75, 3.05) is 10.2 Å². The number of carbonyl (C=O) groups is 3. The quantitative estimate of drug-likeness (QED) is 0.718. The summed E-state index contributed by atoms with van der Waals surface area (Å²) < 4.78 is 39.1. The molecule has 2 aromatic carbocycles. The minimum Gasteiger partial charge on any atom is -0.478 e. The first-order chi connectivity index (χ1) is 13.5. The lowest BCUT2D eigenvalue weighted by molar-refractivity contribution is -0.137. The average Bonchev–Trinajstić information content (AvgIpc) is 2.89. The summed E-state index contributed by atoms with van der Waals surface area (Å²) in [6.45, 7) is 1.61. The molecule has 6 nitrogen and oxygen atoms in total. The first-order valence-corrected chi connectivity index (χ1v) is 8.71. The van der Waals surface area contributed by atoms with Crippen LogP contribution in [0.2, 0.25) is 5.02 Å². The molecule has 2 N–H and O–H groups in total. The SMILES string of the molecule is Cc1ccc(C(=O)O)cc1N1C(=O)CC(Nc2ccc(Cl)c(C(F)(F)F)c2)C1=O. The van der Waals surface area contributed by atoms with E-state index in [0.29, 0.717) is 5.56 Å². The van der Waals surface area contributed by atoms with Crippen LogP contribution in [0, 0.1) is 6.92 Å². The zero-order valence-electron chi connectivity index (χ0n) is 14.9. The lowest BCUT2D eigenvalue weighted by atomic mass is 10.1. The number of imide groups is 1. The molecule has 152 valence electrons. The van der Waals surface area contributed by atoms with Crippen LogP contribution in [0.5, 0.6) is 0 Å². The fourth-order valence-electron chi connectivity index (χ4n) is 3.01. The molecule has 10 heteroatoms. The number of hydrogen-bond acceptors (Lipinski definition) is 4. The van der Waals surface area contributed by atoms with Crippen molar-refractivity contribution in [1.82, 2.24) is 0 Å². The molecule has 1 fully saturated rings. The van der Waals surface area contributed by atoms with Gasteiger partial charge >= 0.3 is 12.1 Å². The van der Waals surface area contributed by atoms with E-state index in [2.05, 4.69) is 5.32 Å². The van der Waals surface area contributed by atoms with Crippen molar-refractivity contribution in [2.45, 2.75) is 25.6 Å². The fraction of sp³-hybridized carbons (Fsp3) is 0.211. The number of halogens is 4. The molecule has 0 saturated carbocycles. The predicted molar refractivity (Wildman–Crippen MR) is 99.1 cm³/mol. The molecular weight excluding hydrogens is 413 g/mol. The Morgan fingerprint density at radius 3 is 2.52 bits per heavy atom. The summed E-state index contributed by atoms with van der Waals surface area (Å²) in [5.41, 5.74) is -0.567. The van der Waals surface area contributed by atoms with Crippen LogP contribution < -0.4 is 10.2 Å². The number of carboxylic acid groups (broad SMARTS) is 1. The molecule has 2 amide bonds. The molecule has 0 spiro atoms. The molecule has 29 heavy (non-hydrogen) atoms. The minimum atomic E-state index is -4.68. The van der Waals surface area contributed by atoms with Gasteiger partial charge < -0.3 is 10.4 Å². The second-order valence-corrected chi connectivity index (χ2v) is 6.87. The monoisotopic (exact) mass is 426 g/mol. The lowest BCUT2D eigenvalue weighted by Gasteiger charge is -2.19. The van der Waals surface area contributed by atoms with Gasteiger partial charge in [0.15, 0.2) is 0 Å². The van der Waals surface area contributed by atoms with Gasteiger partial charge in [-0.15, -0.1) is 0 Å². The molecule has 0 radical (unpaired) electrons. The van der Waals surface area contributed by atoms with E-state index in [1.54, 1.807) is 6.92 Å². The van der Waals surface area contributed by atoms with Crippen molar-refractivity contribution < 1.29 is 32.7 Å². The van der Waals surface area contributed by atoms with Gasteiger partial charge in [0.2, 0.25) is 5.91 Å². The zero-order valence-corrected chi connectivity index (χ0v) is 15.6. The molecule has 0 aliphatic carbocycles. The molecule has 1 heterocycles. The maximum atomic E-state index is 13.0. The van der Waals surface area contributed by atoms with Crippen molar-refractivity contribution in [1.29, 1.82) is 0 Å². The highest BCUT2D eigenvalue weighted by Gasteiger charge is 2.41. The Bertz CT molecular complexity index is 1020. The third kappa shape index (κ3) is 4.04. The Balaban J connectivity index is 1.89. The van der Waals surface area contributed by atoms with Gasteiger partial charge in [-0.3, -0.25) is 9.59 Å². The third-order valence-corrected chi connectivity index (χ3v) is 4.79. The number of hydrogen-bond donors (Lipinski definition) is 2. The van der Waals surface area contributed by atoms with E-state index < -0.39 is 40.6 Å². The lowest BCUT2D eigenvalue weighted by Crippen LogP contribution is -2.35. The molecule has 0 bridgehead atoms. The highest BCUT2D eigenvalue weighted by molar-refractivity contribution is 6.31.